The van der Waals surface area contributed by atoms with Crippen LogP contribution >= 0.6 is 11.6 Å². The van der Waals surface area contributed by atoms with E-state index in [4.69, 9.17) is 26.6 Å². The smallest absolute Gasteiger partial charge is 0.164 e. The lowest BCUT2D eigenvalue weighted by Gasteiger charge is -2.09. The van der Waals surface area contributed by atoms with Gasteiger partial charge in [0.25, 0.3) is 0 Å². The summed E-state index contributed by atoms with van der Waals surface area (Å²) >= 11 is 6.04. The molecule has 0 aliphatic rings. The van der Waals surface area contributed by atoms with E-state index < -0.39 is 0 Å². The van der Waals surface area contributed by atoms with E-state index in [1.165, 1.54) is 0 Å². The minimum atomic E-state index is 0.471. The van der Waals surface area contributed by atoms with Gasteiger partial charge in [-0.05, 0) is 12.1 Å². The molecular formula is C26H17ClN4. The largest absolute Gasteiger partial charge is 0.236 e. The molecule has 0 saturated heterocycles. The Morgan fingerprint density at radius 3 is 1.32 bits per heavy atom. The fourth-order valence-electron chi connectivity index (χ4n) is 3.30. The first kappa shape index (κ1) is 19.1. The van der Waals surface area contributed by atoms with Crippen molar-refractivity contribution in [1.82, 2.24) is 19.9 Å². The normalized spacial score (nSPS) is 10.7. The fraction of sp³-hybridized carbons (Fsp3) is 0. The van der Waals surface area contributed by atoms with Gasteiger partial charge in [0.05, 0.1) is 5.69 Å². The van der Waals surface area contributed by atoms with E-state index >= 15 is 0 Å². The van der Waals surface area contributed by atoms with Crippen LogP contribution in [0.25, 0.3) is 45.4 Å². The van der Waals surface area contributed by atoms with Gasteiger partial charge in [-0.3, -0.25) is 0 Å². The number of pyridine rings is 1. The molecule has 2 heterocycles. The second-order valence-corrected chi connectivity index (χ2v) is 7.35. The van der Waals surface area contributed by atoms with Gasteiger partial charge in [-0.15, -0.1) is 0 Å². The highest BCUT2D eigenvalue weighted by Gasteiger charge is 2.12. The maximum Gasteiger partial charge on any atom is 0.164 e. The quantitative estimate of drug-likeness (QED) is 0.308. The average Bonchev–Trinajstić information content (AvgIpc) is 2.85. The van der Waals surface area contributed by atoms with Crippen LogP contribution in [0.15, 0.2) is 103 Å². The Kier molecular flexibility index (Phi) is 5.21. The summed E-state index contributed by atoms with van der Waals surface area (Å²) in [5.41, 5.74) is 4.60. The first-order chi connectivity index (χ1) is 15.3. The van der Waals surface area contributed by atoms with E-state index in [2.05, 4.69) is 4.98 Å². The van der Waals surface area contributed by atoms with Gasteiger partial charge < -0.3 is 0 Å². The van der Waals surface area contributed by atoms with Gasteiger partial charge in [-0.2, -0.15) is 0 Å². The molecular weight excluding hydrogens is 404 g/mol. The molecule has 0 saturated carbocycles. The summed E-state index contributed by atoms with van der Waals surface area (Å²) in [6.07, 6.45) is 0. The summed E-state index contributed by atoms with van der Waals surface area (Å²) in [5, 5.41) is 0.471. The SMILES string of the molecule is Clc1cccc(-c2ccc(-c3nc(-c4ccccc4)nc(-c4ccccc4)n3)cc2)n1. The maximum atomic E-state index is 6.04. The van der Waals surface area contributed by atoms with Crippen LogP contribution in [0.3, 0.4) is 0 Å². The summed E-state index contributed by atoms with van der Waals surface area (Å²) in [5.74, 6) is 1.91. The van der Waals surface area contributed by atoms with Crippen molar-refractivity contribution in [1.29, 1.82) is 0 Å². The van der Waals surface area contributed by atoms with Crippen molar-refractivity contribution in [3.8, 4) is 45.4 Å². The molecule has 0 aliphatic heterocycles. The molecule has 0 spiro atoms. The number of nitrogens with zero attached hydrogens (tertiary/aromatic N) is 4. The number of aromatic nitrogens is 4. The number of benzene rings is 3. The highest BCUT2D eigenvalue weighted by molar-refractivity contribution is 6.29. The first-order valence-electron chi connectivity index (χ1n) is 9.86. The summed E-state index contributed by atoms with van der Waals surface area (Å²) in [7, 11) is 0. The second-order valence-electron chi connectivity index (χ2n) is 6.96. The molecule has 0 atom stereocenters. The molecule has 31 heavy (non-hydrogen) atoms. The Balaban J connectivity index is 1.59. The number of hydrogen-bond donors (Lipinski definition) is 0. The van der Waals surface area contributed by atoms with Crippen molar-refractivity contribution in [2.45, 2.75) is 0 Å². The van der Waals surface area contributed by atoms with E-state index in [0.717, 1.165) is 27.9 Å². The Hall–Kier alpha value is -3.89. The second kappa shape index (κ2) is 8.46. The first-order valence-corrected chi connectivity index (χ1v) is 10.2. The standard InChI is InChI=1S/C26H17ClN4/c27-23-13-7-12-22(28-23)18-14-16-21(17-15-18)26-30-24(19-8-3-1-4-9-19)29-25(31-26)20-10-5-2-6-11-20/h1-17H. The Bertz CT molecular complexity index is 1260. The fourth-order valence-corrected chi connectivity index (χ4v) is 3.46. The minimum absolute atomic E-state index is 0.471. The summed E-state index contributed by atoms with van der Waals surface area (Å²) in [6.45, 7) is 0. The van der Waals surface area contributed by atoms with Crippen LogP contribution in [-0.4, -0.2) is 19.9 Å². The van der Waals surface area contributed by atoms with Gasteiger partial charge in [0.1, 0.15) is 5.15 Å². The Morgan fingerprint density at radius 1 is 0.387 bits per heavy atom. The van der Waals surface area contributed by atoms with Crippen LogP contribution in [0.5, 0.6) is 0 Å². The van der Waals surface area contributed by atoms with Crippen molar-refractivity contribution in [2.75, 3.05) is 0 Å². The number of hydrogen-bond acceptors (Lipinski definition) is 4. The van der Waals surface area contributed by atoms with Crippen molar-refractivity contribution in [3.63, 3.8) is 0 Å². The lowest BCUT2D eigenvalue weighted by molar-refractivity contribution is 1.07. The summed E-state index contributed by atoms with van der Waals surface area (Å²) < 4.78 is 0. The van der Waals surface area contributed by atoms with Crippen molar-refractivity contribution in [2.24, 2.45) is 0 Å². The molecule has 0 bridgehead atoms. The van der Waals surface area contributed by atoms with Gasteiger partial charge in [0.2, 0.25) is 0 Å². The predicted octanol–water partition coefficient (Wildman–Crippen LogP) is 6.59. The molecule has 5 rings (SSSR count). The Labute approximate surface area is 185 Å². The molecule has 2 aromatic heterocycles. The molecule has 4 nitrogen and oxygen atoms in total. The number of halogens is 1. The van der Waals surface area contributed by atoms with Gasteiger partial charge in [-0.1, -0.05) is 103 Å². The van der Waals surface area contributed by atoms with Crippen LogP contribution in [0.4, 0.5) is 0 Å². The molecule has 0 radical (unpaired) electrons. The van der Waals surface area contributed by atoms with Crippen LogP contribution in [0, 0.1) is 0 Å². The van der Waals surface area contributed by atoms with Crippen molar-refractivity contribution >= 4 is 11.6 Å². The van der Waals surface area contributed by atoms with Gasteiger partial charge in [0, 0.05) is 22.3 Å². The van der Waals surface area contributed by atoms with Crippen LogP contribution in [0.1, 0.15) is 0 Å². The van der Waals surface area contributed by atoms with Gasteiger partial charge >= 0.3 is 0 Å². The van der Waals surface area contributed by atoms with Crippen LogP contribution in [-0.2, 0) is 0 Å². The summed E-state index contributed by atoms with van der Waals surface area (Å²) in [6, 6.07) is 33.5. The highest BCUT2D eigenvalue weighted by atomic mass is 35.5. The lowest BCUT2D eigenvalue weighted by atomic mass is 10.1. The minimum Gasteiger partial charge on any atom is -0.236 e. The monoisotopic (exact) mass is 420 g/mol. The molecule has 148 valence electrons. The van der Waals surface area contributed by atoms with E-state index in [1.807, 2.05) is 97.1 Å². The Morgan fingerprint density at radius 2 is 0.839 bits per heavy atom. The third-order valence-corrected chi connectivity index (χ3v) is 5.06. The predicted molar refractivity (Wildman–Crippen MR) is 124 cm³/mol. The van der Waals surface area contributed by atoms with E-state index in [0.29, 0.717) is 22.6 Å². The lowest BCUT2D eigenvalue weighted by Crippen LogP contribution is -2.00. The zero-order chi connectivity index (χ0) is 21.0. The molecule has 0 unspecified atom stereocenters. The molecule has 0 aliphatic carbocycles. The van der Waals surface area contributed by atoms with Gasteiger partial charge in [0.15, 0.2) is 17.5 Å². The topological polar surface area (TPSA) is 51.6 Å². The molecule has 5 aromatic rings. The molecule has 5 heteroatoms. The average molecular weight is 421 g/mol. The van der Waals surface area contributed by atoms with Crippen molar-refractivity contribution in [3.05, 3.63) is 108 Å². The molecule has 3 aromatic carbocycles. The third-order valence-electron chi connectivity index (χ3n) is 4.85. The zero-order valence-electron chi connectivity index (χ0n) is 16.5. The summed E-state index contributed by atoms with van der Waals surface area (Å²) in [4.78, 5) is 18.6. The maximum absolute atomic E-state index is 6.04. The van der Waals surface area contributed by atoms with Crippen LogP contribution in [0.2, 0.25) is 5.15 Å². The van der Waals surface area contributed by atoms with E-state index in [9.17, 15) is 0 Å². The molecule has 0 fully saturated rings. The van der Waals surface area contributed by atoms with Gasteiger partial charge in [-0.25, -0.2) is 19.9 Å². The van der Waals surface area contributed by atoms with E-state index in [1.54, 1.807) is 6.07 Å². The highest BCUT2D eigenvalue weighted by Crippen LogP contribution is 2.26. The van der Waals surface area contributed by atoms with Crippen LogP contribution < -0.4 is 0 Å². The number of rotatable bonds is 4. The molecule has 0 N–H and O–H groups in total. The molecule has 0 amide bonds. The zero-order valence-corrected chi connectivity index (χ0v) is 17.2. The third kappa shape index (κ3) is 4.20. The van der Waals surface area contributed by atoms with Crippen molar-refractivity contribution < 1.29 is 0 Å². The van der Waals surface area contributed by atoms with E-state index in [-0.39, 0.29) is 0 Å².